The Morgan fingerprint density at radius 2 is 1.92 bits per heavy atom. The van der Waals surface area contributed by atoms with Gasteiger partial charge in [-0.25, -0.2) is 0 Å². The summed E-state index contributed by atoms with van der Waals surface area (Å²) in [6.45, 7) is 0. The summed E-state index contributed by atoms with van der Waals surface area (Å²) in [5.41, 5.74) is 0.0943. The standard InChI is InChI=1S/C18H16N2O4/c1-20(11-6-5-7-12(10-11)24-2)18(23)15-16(21)13-8-3-4-9-14(13)19-17(15)22/h3-10H,1-2H3,(H2,19,21,22). The van der Waals surface area contributed by atoms with Gasteiger partial charge in [0.1, 0.15) is 17.1 Å². The van der Waals surface area contributed by atoms with Crippen LogP contribution in [0.5, 0.6) is 11.5 Å². The highest BCUT2D eigenvalue weighted by Crippen LogP contribution is 2.27. The summed E-state index contributed by atoms with van der Waals surface area (Å²) in [6.07, 6.45) is 0. The maximum atomic E-state index is 12.7. The van der Waals surface area contributed by atoms with Gasteiger partial charge in [0.25, 0.3) is 11.5 Å². The number of amides is 1. The zero-order valence-electron chi connectivity index (χ0n) is 13.2. The highest BCUT2D eigenvalue weighted by atomic mass is 16.5. The van der Waals surface area contributed by atoms with E-state index in [9.17, 15) is 14.7 Å². The first-order chi connectivity index (χ1) is 11.5. The van der Waals surface area contributed by atoms with E-state index in [0.717, 1.165) is 0 Å². The van der Waals surface area contributed by atoms with Crippen LogP contribution in [-0.4, -0.2) is 30.2 Å². The number of rotatable bonds is 3. The number of nitrogens with one attached hydrogen (secondary N) is 1. The lowest BCUT2D eigenvalue weighted by Gasteiger charge is -2.18. The minimum absolute atomic E-state index is 0.293. The summed E-state index contributed by atoms with van der Waals surface area (Å²) < 4.78 is 5.14. The number of anilines is 1. The largest absolute Gasteiger partial charge is 0.506 e. The number of aromatic amines is 1. The van der Waals surface area contributed by atoms with Crippen molar-refractivity contribution < 1.29 is 14.6 Å². The fourth-order valence-electron chi connectivity index (χ4n) is 2.53. The van der Waals surface area contributed by atoms with Crippen LogP contribution in [-0.2, 0) is 0 Å². The van der Waals surface area contributed by atoms with Crippen molar-refractivity contribution in [1.82, 2.24) is 4.98 Å². The van der Waals surface area contributed by atoms with Crippen LogP contribution in [0.3, 0.4) is 0 Å². The maximum absolute atomic E-state index is 12.7. The van der Waals surface area contributed by atoms with Gasteiger partial charge in [0.15, 0.2) is 0 Å². The van der Waals surface area contributed by atoms with Crippen molar-refractivity contribution in [2.75, 3.05) is 19.1 Å². The molecule has 0 aliphatic heterocycles. The molecule has 6 heteroatoms. The summed E-state index contributed by atoms with van der Waals surface area (Å²) in [7, 11) is 3.06. The number of methoxy groups -OCH3 is 1. The molecule has 0 aliphatic rings. The molecule has 2 N–H and O–H groups in total. The molecule has 0 unspecified atom stereocenters. The van der Waals surface area contributed by atoms with Crippen LogP contribution in [0, 0.1) is 0 Å². The number of fused-ring (bicyclic) bond motifs is 1. The van der Waals surface area contributed by atoms with E-state index in [1.165, 1.54) is 19.1 Å². The normalized spacial score (nSPS) is 10.6. The molecule has 3 rings (SSSR count). The Bertz CT molecular complexity index is 978. The molecule has 0 atom stereocenters. The molecule has 0 fully saturated rings. The van der Waals surface area contributed by atoms with Gasteiger partial charge in [0.2, 0.25) is 0 Å². The van der Waals surface area contributed by atoms with Crippen LogP contribution in [0.15, 0.2) is 53.3 Å². The number of H-pyrrole nitrogens is 1. The molecule has 0 spiro atoms. The molecule has 3 aromatic rings. The van der Waals surface area contributed by atoms with E-state index >= 15 is 0 Å². The number of nitrogens with zero attached hydrogens (tertiary/aromatic N) is 1. The monoisotopic (exact) mass is 324 g/mol. The summed E-state index contributed by atoms with van der Waals surface area (Å²) in [5.74, 6) is -0.342. The number of ether oxygens (including phenoxy) is 1. The Hall–Kier alpha value is -3.28. The van der Waals surface area contributed by atoms with Crippen molar-refractivity contribution in [3.05, 3.63) is 64.4 Å². The quantitative estimate of drug-likeness (QED) is 0.775. The molecule has 122 valence electrons. The minimum Gasteiger partial charge on any atom is -0.506 e. The average molecular weight is 324 g/mol. The lowest BCUT2D eigenvalue weighted by molar-refractivity contribution is 0.0989. The Morgan fingerprint density at radius 3 is 2.67 bits per heavy atom. The van der Waals surface area contributed by atoms with Crippen LogP contribution in [0.2, 0.25) is 0 Å². The predicted octanol–water partition coefficient (Wildman–Crippen LogP) is 2.52. The van der Waals surface area contributed by atoms with E-state index in [2.05, 4.69) is 4.98 Å². The third-order valence-corrected chi connectivity index (χ3v) is 3.85. The van der Waals surface area contributed by atoms with Crippen LogP contribution >= 0.6 is 0 Å². The van der Waals surface area contributed by atoms with E-state index < -0.39 is 11.5 Å². The van der Waals surface area contributed by atoms with Gasteiger partial charge < -0.3 is 19.7 Å². The predicted molar refractivity (Wildman–Crippen MR) is 92.0 cm³/mol. The first-order valence-electron chi connectivity index (χ1n) is 7.29. The second-order valence-corrected chi connectivity index (χ2v) is 5.29. The number of hydrogen-bond donors (Lipinski definition) is 2. The molecule has 24 heavy (non-hydrogen) atoms. The van der Waals surface area contributed by atoms with E-state index in [1.807, 2.05) is 0 Å². The Balaban J connectivity index is 2.09. The topological polar surface area (TPSA) is 82.6 Å². The molecule has 0 aliphatic carbocycles. The lowest BCUT2D eigenvalue weighted by atomic mass is 10.1. The number of pyridine rings is 1. The molecule has 0 bridgehead atoms. The summed E-state index contributed by atoms with van der Waals surface area (Å²) in [5, 5.41) is 10.8. The van der Waals surface area contributed by atoms with Gasteiger partial charge in [-0.15, -0.1) is 0 Å². The minimum atomic E-state index is -0.633. The average Bonchev–Trinajstić information content (AvgIpc) is 2.61. The van der Waals surface area contributed by atoms with Gasteiger partial charge in [-0.2, -0.15) is 0 Å². The van der Waals surface area contributed by atoms with Crippen molar-refractivity contribution in [3.63, 3.8) is 0 Å². The molecule has 6 nitrogen and oxygen atoms in total. The maximum Gasteiger partial charge on any atom is 0.267 e. The fraction of sp³-hybridized carbons (Fsp3) is 0.111. The van der Waals surface area contributed by atoms with E-state index in [4.69, 9.17) is 4.74 Å². The highest BCUT2D eigenvalue weighted by molar-refractivity contribution is 6.10. The molecule has 1 heterocycles. The van der Waals surface area contributed by atoms with Crippen LogP contribution in [0.4, 0.5) is 5.69 Å². The third-order valence-electron chi connectivity index (χ3n) is 3.85. The van der Waals surface area contributed by atoms with Gasteiger partial charge in [0.05, 0.1) is 12.6 Å². The van der Waals surface area contributed by atoms with Crippen LogP contribution in [0.25, 0.3) is 10.9 Å². The lowest BCUT2D eigenvalue weighted by Crippen LogP contribution is -2.31. The van der Waals surface area contributed by atoms with Gasteiger partial charge in [-0.05, 0) is 24.3 Å². The van der Waals surface area contributed by atoms with Crippen molar-refractivity contribution in [2.24, 2.45) is 0 Å². The Morgan fingerprint density at radius 1 is 1.17 bits per heavy atom. The van der Waals surface area contributed by atoms with E-state index in [1.54, 1.807) is 48.5 Å². The second kappa shape index (κ2) is 6.08. The molecular formula is C18H16N2O4. The van der Waals surface area contributed by atoms with E-state index in [-0.39, 0.29) is 11.3 Å². The number of hydrogen-bond acceptors (Lipinski definition) is 4. The molecule has 0 saturated carbocycles. The molecule has 1 aromatic heterocycles. The smallest absolute Gasteiger partial charge is 0.267 e. The first kappa shape index (κ1) is 15.6. The van der Waals surface area contributed by atoms with Gasteiger partial charge in [0, 0.05) is 24.2 Å². The van der Waals surface area contributed by atoms with Crippen molar-refractivity contribution in [3.8, 4) is 11.5 Å². The van der Waals surface area contributed by atoms with Gasteiger partial charge in [-0.3, -0.25) is 9.59 Å². The fourth-order valence-corrected chi connectivity index (χ4v) is 2.53. The zero-order chi connectivity index (χ0) is 17.3. The molecule has 1 amide bonds. The van der Waals surface area contributed by atoms with Crippen LogP contribution in [0.1, 0.15) is 10.4 Å². The molecular weight excluding hydrogens is 308 g/mol. The first-order valence-corrected chi connectivity index (χ1v) is 7.29. The molecule has 2 aromatic carbocycles. The number of benzene rings is 2. The summed E-state index contributed by atoms with van der Waals surface area (Å²) in [4.78, 5) is 28.9. The van der Waals surface area contributed by atoms with Crippen LogP contribution < -0.4 is 15.2 Å². The summed E-state index contributed by atoms with van der Waals surface area (Å²) >= 11 is 0. The Kier molecular flexibility index (Phi) is 3.95. The van der Waals surface area contributed by atoms with Crippen molar-refractivity contribution in [2.45, 2.75) is 0 Å². The Labute approximate surface area is 137 Å². The molecule has 0 saturated heterocycles. The number of aromatic hydroxyl groups is 1. The highest BCUT2D eigenvalue weighted by Gasteiger charge is 2.23. The van der Waals surface area contributed by atoms with Crippen molar-refractivity contribution >= 4 is 22.5 Å². The summed E-state index contributed by atoms with van der Waals surface area (Å²) in [6, 6.07) is 13.6. The number of carbonyl (C=O) groups excluding carboxylic acids is 1. The number of carbonyl (C=O) groups is 1. The second-order valence-electron chi connectivity index (χ2n) is 5.29. The van der Waals surface area contributed by atoms with Gasteiger partial charge in [-0.1, -0.05) is 18.2 Å². The molecule has 0 radical (unpaired) electrons. The van der Waals surface area contributed by atoms with Crippen molar-refractivity contribution in [1.29, 1.82) is 0 Å². The zero-order valence-corrected chi connectivity index (χ0v) is 13.2. The van der Waals surface area contributed by atoms with E-state index in [0.29, 0.717) is 22.3 Å². The SMILES string of the molecule is COc1cccc(N(C)C(=O)c2c(O)c3ccccc3[nH]c2=O)c1. The van der Waals surface area contributed by atoms with Gasteiger partial charge >= 0.3 is 0 Å². The third kappa shape index (κ3) is 2.58. The number of para-hydroxylation sites is 1. The number of aromatic nitrogens is 1.